The van der Waals surface area contributed by atoms with E-state index in [2.05, 4.69) is 31.9 Å². The maximum absolute atomic E-state index is 12.6. The van der Waals surface area contributed by atoms with Gasteiger partial charge in [-0.25, -0.2) is 0 Å². The molecule has 0 saturated carbocycles. The van der Waals surface area contributed by atoms with Gasteiger partial charge >= 0.3 is 0 Å². The highest BCUT2D eigenvalue weighted by atomic mass is 79.9. The van der Waals surface area contributed by atoms with Gasteiger partial charge in [-0.15, -0.1) is 0 Å². The van der Waals surface area contributed by atoms with Gasteiger partial charge in [-0.05, 0) is 47.0 Å². The van der Waals surface area contributed by atoms with Crippen LogP contribution in [0.4, 0.5) is 0 Å². The molecule has 0 spiro atoms. The zero-order valence-electron chi connectivity index (χ0n) is 12.1. The van der Waals surface area contributed by atoms with Gasteiger partial charge in [-0.3, -0.25) is 9.59 Å². The van der Waals surface area contributed by atoms with E-state index in [-0.39, 0.29) is 17.7 Å². The first-order valence-corrected chi connectivity index (χ1v) is 8.44. The van der Waals surface area contributed by atoms with Crippen LogP contribution in [-0.2, 0) is 4.79 Å². The minimum atomic E-state index is 0.0129. The van der Waals surface area contributed by atoms with Crippen LogP contribution in [0.5, 0.6) is 0 Å². The lowest BCUT2D eigenvalue weighted by Crippen LogP contribution is -2.42. The maximum Gasteiger partial charge on any atom is 0.255 e. The van der Waals surface area contributed by atoms with Gasteiger partial charge in [0, 0.05) is 42.0 Å². The van der Waals surface area contributed by atoms with E-state index in [1.165, 1.54) is 0 Å². The minimum Gasteiger partial charge on any atom is -0.349 e. The molecule has 6 heteroatoms. The highest BCUT2D eigenvalue weighted by molar-refractivity contribution is 9.11. The van der Waals surface area contributed by atoms with Crippen LogP contribution in [0.1, 0.15) is 23.2 Å². The monoisotopic (exact) mass is 416 g/mol. The van der Waals surface area contributed by atoms with Crippen LogP contribution in [0, 0.1) is 5.92 Å². The van der Waals surface area contributed by atoms with Gasteiger partial charge in [0.1, 0.15) is 0 Å². The number of hydrogen-bond acceptors (Lipinski definition) is 2. The molecule has 1 fully saturated rings. The first kappa shape index (κ1) is 16.5. The molecule has 1 saturated heterocycles. The third-order valence-electron chi connectivity index (χ3n) is 3.73. The number of halogens is 2. The van der Waals surface area contributed by atoms with Crippen molar-refractivity contribution < 1.29 is 9.59 Å². The Labute approximate surface area is 141 Å². The van der Waals surface area contributed by atoms with Gasteiger partial charge in [0.05, 0.1) is 5.56 Å². The summed E-state index contributed by atoms with van der Waals surface area (Å²) in [4.78, 5) is 28.0. The zero-order chi connectivity index (χ0) is 15.6. The third-order valence-corrected chi connectivity index (χ3v) is 4.92. The van der Waals surface area contributed by atoms with E-state index in [1.807, 2.05) is 23.1 Å². The molecule has 0 radical (unpaired) electrons. The Bertz CT molecular complexity index is 553. The Kier molecular flexibility index (Phi) is 5.43. The second-order valence-corrected chi connectivity index (χ2v) is 7.19. The van der Waals surface area contributed by atoms with Gasteiger partial charge < -0.3 is 9.80 Å². The summed E-state index contributed by atoms with van der Waals surface area (Å²) < 4.78 is 1.67. The smallest absolute Gasteiger partial charge is 0.255 e. The second kappa shape index (κ2) is 6.92. The van der Waals surface area contributed by atoms with E-state index in [0.717, 1.165) is 21.8 Å². The highest BCUT2D eigenvalue weighted by Crippen LogP contribution is 2.25. The molecule has 0 unspecified atom stereocenters. The average Bonchev–Trinajstić information content (AvgIpc) is 2.48. The SMILES string of the molecule is CN(C)C(=O)C1CCN(C(=O)c2cc(Br)ccc2Br)CC1. The van der Waals surface area contributed by atoms with Gasteiger partial charge in [-0.1, -0.05) is 15.9 Å². The van der Waals surface area contributed by atoms with Crippen LogP contribution in [-0.4, -0.2) is 48.8 Å². The second-order valence-electron chi connectivity index (χ2n) is 5.42. The van der Waals surface area contributed by atoms with Crippen LogP contribution in [0.15, 0.2) is 27.1 Å². The largest absolute Gasteiger partial charge is 0.349 e. The number of rotatable bonds is 2. The molecule has 21 heavy (non-hydrogen) atoms. The zero-order valence-corrected chi connectivity index (χ0v) is 15.3. The molecule has 0 aliphatic carbocycles. The van der Waals surface area contributed by atoms with Crippen molar-refractivity contribution >= 4 is 43.7 Å². The predicted molar refractivity (Wildman–Crippen MR) is 89.2 cm³/mol. The Balaban J connectivity index is 2.03. The molecule has 2 amide bonds. The van der Waals surface area contributed by atoms with Gasteiger partial charge in [0.2, 0.25) is 5.91 Å². The summed E-state index contributed by atoms with van der Waals surface area (Å²) in [5.41, 5.74) is 0.654. The number of amides is 2. The summed E-state index contributed by atoms with van der Waals surface area (Å²) in [6.45, 7) is 1.25. The summed E-state index contributed by atoms with van der Waals surface area (Å²) >= 11 is 6.81. The standard InChI is InChI=1S/C15H18Br2N2O2/c1-18(2)14(20)10-5-7-19(8-6-10)15(21)12-9-11(16)3-4-13(12)17/h3-4,9-10H,5-8H2,1-2H3. The summed E-state index contributed by atoms with van der Waals surface area (Å²) in [5, 5.41) is 0. The van der Waals surface area contributed by atoms with Crippen molar-refractivity contribution in [3.63, 3.8) is 0 Å². The molecular formula is C15H18Br2N2O2. The van der Waals surface area contributed by atoms with Crippen molar-refractivity contribution in [2.24, 2.45) is 5.92 Å². The van der Waals surface area contributed by atoms with E-state index < -0.39 is 0 Å². The number of piperidine rings is 1. The van der Waals surface area contributed by atoms with Gasteiger partial charge in [-0.2, -0.15) is 0 Å². The molecule has 2 rings (SSSR count). The fraction of sp³-hybridized carbons (Fsp3) is 0.467. The molecule has 4 nitrogen and oxygen atoms in total. The van der Waals surface area contributed by atoms with Crippen LogP contribution in [0.2, 0.25) is 0 Å². The number of nitrogens with zero attached hydrogens (tertiary/aromatic N) is 2. The number of benzene rings is 1. The van der Waals surface area contributed by atoms with E-state index in [9.17, 15) is 9.59 Å². The van der Waals surface area contributed by atoms with E-state index in [1.54, 1.807) is 19.0 Å². The number of likely N-dealkylation sites (tertiary alicyclic amines) is 1. The quantitative estimate of drug-likeness (QED) is 0.741. The Hall–Kier alpha value is -0.880. The topological polar surface area (TPSA) is 40.6 Å². The lowest BCUT2D eigenvalue weighted by atomic mass is 9.95. The summed E-state index contributed by atoms with van der Waals surface area (Å²) in [6, 6.07) is 5.58. The number of carbonyl (C=O) groups is 2. The van der Waals surface area contributed by atoms with Gasteiger partial charge in [0.15, 0.2) is 0 Å². The molecule has 0 bridgehead atoms. The van der Waals surface area contributed by atoms with E-state index in [0.29, 0.717) is 18.7 Å². The molecule has 0 atom stereocenters. The average molecular weight is 418 g/mol. The predicted octanol–water partition coefficient (Wildman–Crippen LogP) is 3.15. The first-order chi connectivity index (χ1) is 9.90. The number of carbonyl (C=O) groups excluding carboxylic acids is 2. The Morgan fingerprint density at radius 2 is 1.81 bits per heavy atom. The molecule has 0 N–H and O–H groups in total. The van der Waals surface area contributed by atoms with E-state index in [4.69, 9.17) is 0 Å². The summed E-state index contributed by atoms with van der Waals surface area (Å²) in [7, 11) is 3.55. The third kappa shape index (κ3) is 3.86. The molecule has 0 aromatic heterocycles. The molecule has 1 aromatic rings. The molecule has 1 aliphatic rings. The fourth-order valence-corrected chi connectivity index (χ4v) is 3.30. The summed E-state index contributed by atoms with van der Waals surface area (Å²) in [5.74, 6) is 0.208. The van der Waals surface area contributed by atoms with Crippen molar-refractivity contribution in [1.82, 2.24) is 9.80 Å². The van der Waals surface area contributed by atoms with Crippen molar-refractivity contribution in [2.45, 2.75) is 12.8 Å². The molecular weight excluding hydrogens is 400 g/mol. The maximum atomic E-state index is 12.6. The Morgan fingerprint density at radius 1 is 1.19 bits per heavy atom. The van der Waals surface area contributed by atoms with Crippen molar-refractivity contribution in [3.8, 4) is 0 Å². The Morgan fingerprint density at radius 3 is 2.38 bits per heavy atom. The van der Waals surface area contributed by atoms with Crippen LogP contribution in [0.25, 0.3) is 0 Å². The normalized spacial score (nSPS) is 15.9. The minimum absolute atomic E-state index is 0.0129. The lowest BCUT2D eigenvalue weighted by molar-refractivity contribution is -0.134. The first-order valence-electron chi connectivity index (χ1n) is 6.85. The highest BCUT2D eigenvalue weighted by Gasteiger charge is 2.29. The van der Waals surface area contributed by atoms with Crippen LogP contribution in [0.3, 0.4) is 0 Å². The molecule has 1 aliphatic heterocycles. The van der Waals surface area contributed by atoms with Crippen molar-refractivity contribution in [2.75, 3.05) is 27.2 Å². The van der Waals surface area contributed by atoms with E-state index >= 15 is 0 Å². The van der Waals surface area contributed by atoms with Crippen LogP contribution < -0.4 is 0 Å². The lowest BCUT2D eigenvalue weighted by Gasteiger charge is -2.32. The molecule has 114 valence electrons. The van der Waals surface area contributed by atoms with Crippen molar-refractivity contribution in [1.29, 1.82) is 0 Å². The van der Waals surface area contributed by atoms with Crippen molar-refractivity contribution in [3.05, 3.63) is 32.7 Å². The fourth-order valence-electron chi connectivity index (χ4n) is 2.53. The summed E-state index contributed by atoms with van der Waals surface area (Å²) in [6.07, 6.45) is 1.46. The van der Waals surface area contributed by atoms with Gasteiger partial charge in [0.25, 0.3) is 5.91 Å². The number of hydrogen-bond donors (Lipinski definition) is 0. The van der Waals surface area contributed by atoms with Crippen LogP contribution >= 0.6 is 31.9 Å². The molecule has 1 aromatic carbocycles. The molecule has 1 heterocycles.